The molecule has 1 unspecified atom stereocenters. The van der Waals surface area contributed by atoms with Crippen LogP contribution in [0.25, 0.3) is 0 Å². The van der Waals surface area contributed by atoms with Crippen molar-refractivity contribution in [3.05, 3.63) is 83.0 Å². The molecule has 2 heterocycles. The highest BCUT2D eigenvalue weighted by Crippen LogP contribution is 2.40. The van der Waals surface area contributed by atoms with Gasteiger partial charge in [0.15, 0.2) is 11.5 Å². The molecule has 31 heavy (non-hydrogen) atoms. The van der Waals surface area contributed by atoms with Crippen LogP contribution in [0.5, 0.6) is 17.4 Å². The first kappa shape index (κ1) is 20.8. The Bertz CT molecular complexity index is 1090. The zero-order valence-corrected chi connectivity index (χ0v) is 17.7. The number of hydrogen-bond donors (Lipinski definition) is 3. The van der Waals surface area contributed by atoms with Gasteiger partial charge in [-0.2, -0.15) is 0 Å². The number of nitrogens with zero attached hydrogens (tertiary/aromatic N) is 1. The number of carbonyl (C=O) groups excluding carboxylic acids is 1. The predicted molar refractivity (Wildman–Crippen MR) is 116 cm³/mol. The monoisotopic (exact) mass is 419 g/mol. The third-order valence-corrected chi connectivity index (χ3v) is 5.15. The van der Waals surface area contributed by atoms with Gasteiger partial charge in [0.05, 0.1) is 11.6 Å². The highest BCUT2D eigenvalue weighted by Gasteiger charge is 2.25. The zero-order valence-electron chi connectivity index (χ0n) is 17.7. The molecule has 3 aromatic rings. The number of hydroxylamine groups is 1. The molecule has 1 aromatic heterocycles. The number of fused-ring (bicyclic) bond motifs is 1. The number of amides is 1. The third-order valence-electron chi connectivity index (χ3n) is 5.15. The van der Waals surface area contributed by atoms with Crippen LogP contribution in [0.15, 0.2) is 60.8 Å². The molecule has 0 fully saturated rings. The molecule has 1 amide bonds. The van der Waals surface area contributed by atoms with Crippen LogP contribution < -0.4 is 20.4 Å². The molecule has 2 aromatic carbocycles. The van der Waals surface area contributed by atoms with Crippen molar-refractivity contribution in [1.82, 2.24) is 15.8 Å². The van der Waals surface area contributed by atoms with Gasteiger partial charge in [0.2, 0.25) is 5.88 Å². The van der Waals surface area contributed by atoms with Gasteiger partial charge in [-0.25, -0.2) is 4.98 Å². The average molecular weight is 419 g/mol. The number of aliphatic hydroxyl groups is 1. The number of aromatic nitrogens is 1. The second kappa shape index (κ2) is 8.37. The maximum Gasteiger partial charge on any atom is 0.257 e. The molecule has 7 nitrogen and oxygen atoms in total. The van der Waals surface area contributed by atoms with Crippen LogP contribution in [0, 0.1) is 0 Å². The third kappa shape index (κ3) is 4.52. The maximum absolute atomic E-state index is 12.8. The minimum Gasteiger partial charge on any atom is -0.434 e. The van der Waals surface area contributed by atoms with Gasteiger partial charge in [0, 0.05) is 18.3 Å². The van der Waals surface area contributed by atoms with Crippen LogP contribution in [0.4, 0.5) is 0 Å². The van der Waals surface area contributed by atoms with E-state index >= 15 is 0 Å². The molecule has 0 saturated carbocycles. The summed E-state index contributed by atoms with van der Waals surface area (Å²) in [6.07, 6.45) is 1.58. The molecule has 7 heteroatoms. The Labute approximate surface area is 181 Å². The normalized spacial score (nSPS) is 15.2. The summed E-state index contributed by atoms with van der Waals surface area (Å²) in [4.78, 5) is 22.6. The average Bonchev–Trinajstić information content (AvgIpc) is 3.14. The van der Waals surface area contributed by atoms with Gasteiger partial charge in [-0.1, -0.05) is 36.4 Å². The largest absolute Gasteiger partial charge is 0.434 e. The number of ether oxygens (including phenoxy) is 1. The van der Waals surface area contributed by atoms with Crippen LogP contribution in [0.2, 0.25) is 0 Å². The number of nitrogens with one attached hydrogen (secondary N) is 2. The Morgan fingerprint density at radius 3 is 2.71 bits per heavy atom. The van der Waals surface area contributed by atoms with Crippen molar-refractivity contribution in [2.75, 3.05) is 0 Å². The molecular formula is C24H25N3O4. The van der Waals surface area contributed by atoms with Gasteiger partial charge in [-0.15, -0.1) is 5.48 Å². The topological polar surface area (TPSA) is 92.7 Å². The molecule has 0 spiro atoms. The maximum atomic E-state index is 12.8. The molecule has 3 N–H and O–H groups in total. The Balaban J connectivity index is 1.48. The summed E-state index contributed by atoms with van der Waals surface area (Å²) in [6, 6.07) is 16.5. The predicted octanol–water partition coefficient (Wildman–Crippen LogP) is 3.99. The lowest BCUT2D eigenvalue weighted by Crippen LogP contribution is -2.23. The summed E-state index contributed by atoms with van der Waals surface area (Å²) in [5.41, 5.74) is 5.04. The molecule has 1 atom stereocenters. The lowest BCUT2D eigenvalue weighted by Gasteiger charge is -2.18. The van der Waals surface area contributed by atoms with E-state index in [4.69, 9.17) is 9.57 Å². The van der Waals surface area contributed by atoms with Crippen molar-refractivity contribution in [1.29, 1.82) is 0 Å². The Morgan fingerprint density at radius 1 is 1.19 bits per heavy atom. The number of pyridine rings is 1. The molecule has 0 radical (unpaired) electrons. The van der Waals surface area contributed by atoms with Crippen molar-refractivity contribution in [3.8, 4) is 17.4 Å². The van der Waals surface area contributed by atoms with E-state index in [9.17, 15) is 9.90 Å². The Kier molecular flexibility index (Phi) is 5.63. The number of para-hydroxylation sites is 1. The molecule has 4 rings (SSSR count). The van der Waals surface area contributed by atoms with E-state index in [1.807, 2.05) is 43.3 Å². The van der Waals surface area contributed by atoms with Crippen molar-refractivity contribution in [3.63, 3.8) is 0 Å². The highest BCUT2D eigenvalue weighted by molar-refractivity contribution is 5.96. The van der Waals surface area contributed by atoms with Gasteiger partial charge in [-0.05, 0) is 50.1 Å². The Hall–Kier alpha value is -3.42. The molecule has 1 aliphatic heterocycles. The van der Waals surface area contributed by atoms with Crippen LogP contribution in [0.3, 0.4) is 0 Å². The standard InChI is InChI=1S/C24H25N3O4/c1-15-18-6-4-8-20(21(18)31-27-15)30-23-19(7-5-13-25-23)22(28)26-14-16-9-11-17(12-10-16)24(2,3)29/h4-13,15,27,29H,14H2,1-3H3,(H,26,28). The van der Waals surface area contributed by atoms with E-state index in [0.717, 1.165) is 16.7 Å². The van der Waals surface area contributed by atoms with E-state index in [-0.39, 0.29) is 17.8 Å². The molecule has 0 bridgehead atoms. The lowest BCUT2D eigenvalue weighted by atomic mass is 9.97. The fourth-order valence-electron chi connectivity index (χ4n) is 3.33. The summed E-state index contributed by atoms with van der Waals surface area (Å²) in [5, 5.41) is 13.0. The van der Waals surface area contributed by atoms with Crippen LogP contribution in [0.1, 0.15) is 53.9 Å². The fourth-order valence-corrected chi connectivity index (χ4v) is 3.33. The number of rotatable bonds is 6. The number of benzene rings is 2. The van der Waals surface area contributed by atoms with Gasteiger partial charge in [0.1, 0.15) is 5.56 Å². The van der Waals surface area contributed by atoms with E-state index < -0.39 is 5.60 Å². The first-order valence-electron chi connectivity index (χ1n) is 10.1. The van der Waals surface area contributed by atoms with Crippen molar-refractivity contribution < 1.29 is 19.5 Å². The molecule has 1 aliphatic rings. The molecule has 0 aliphatic carbocycles. The van der Waals surface area contributed by atoms with Crippen LogP contribution in [-0.4, -0.2) is 16.0 Å². The summed E-state index contributed by atoms with van der Waals surface area (Å²) >= 11 is 0. The fraction of sp³-hybridized carbons (Fsp3) is 0.250. The van der Waals surface area contributed by atoms with Gasteiger partial charge < -0.3 is 20.0 Å². The zero-order chi connectivity index (χ0) is 22.0. The van der Waals surface area contributed by atoms with E-state index in [1.54, 1.807) is 38.2 Å². The van der Waals surface area contributed by atoms with Crippen LogP contribution in [-0.2, 0) is 12.1 Å². The highest BCUT2D eigenvalue weighted by atomic mass is 16.7. The minimum atomic E-state index is -0.904. The molecule has 160 valence electrons. The van der Waals surface area contributed by atoms with Crippen molar-refractivity contribution in [2.45, 2.75) is 39.0 Å². The van der Waals surface area contributed by atoms with E-state index in [2.05, 4.69) is 15.8 Å². The van der Waals surface area contributed by atoms with Crippen LogP contribution >= 0.6 is 0 Å². The smallest absolute Gasteiger partial charge is 0.257 e. The molecular weight excluding hydrogens is 394 g/mol. The van der Waals surface area contributed by atoms with Crippen molar-refractivity contribution >= 4 is 5.91 Å². The van der Waals surface area contributed by atoms with Gasteiger partial charge in [-0.3, -0.25) is 4.79 Å². The second-order valence-corrected chi connectivity index (χ2v) is 8.01. The van der Waals surface area contributed by atoms with E-state index in [1.165, 1.54) is 0 Å². The van der Waals surface area contributed by atoms with Gasteiger partial charge in [0.25, 0.3) is 5.91 Å². The first-order chi connectivity index (χ1) is 14.8. The quantitative estimate of drug-likeness (QED) is 0.560. The lowest BCUT2D eigenvalue weighted by molar-refractivity contribution is 0.0785. The van der Waals surface area contributed by atoms with Crippen molar-refractivity contribution in [2.24, 2.45) is 0 Å². The molecule has 0 saturated heterocycles. The second-order valence-electron chi connectivity index (χ2n) is 8.01. The number of hydrogen-bond acceptors (Lipinski definition) is 6. The summed E-state index contributed by atoms with van der Waals surface area (Å²) in [7, 11) is 0. The number of carbonyl (C=O) groups is 1. The minimum absolute atomic E-state index is 0.0489. The first-order valence-corrected chi connectivity index (χ1v) is 10.1. The van der Waals surface area contributed by atoms with Gasteiger partial charge >= 0.3 is 0 Å². The Morgan fingerprint density at radius 2 is 1.97 bits per heavy atom. The SMILES string of the molecule is CC1NOc2c(Oc3ncccc3C(=O)NCc3ccc(C(C)(C)O)cc3)cccc21. The summed E-state index contributed by atoms with van der Waals surface area (Å²) < 4.78 is 5.96. The van der Waals surface area contributed by atoms with E-state index in [0.29, 0.717) is 23.6 Å². The summed E-state index contributed by atoms with van der Waals surface area (Å²) in [6.45, 7) is 5.79. The summed E-state index contributed by atoms with van der Waals surface area (Å²) in [5.74, 6) is 0.992.